The molecule has 0 amide bonds. The van der Waals surface area contributed by atoms with Gasteiger partial charge in [0.2, 0.25) is 0 Å². The summed E-state index contributed by atoms with van der Waals surface area (Å²) in [6.07, 6.45) is 1.36. The number of aromatic nitrogens is 1. The Labute approximate surface area is 137 Å². The highest BCUT2D eigenvalue weighted by Gasteiger charge is 2.21. The summed E-state index contributed by atoms with van der Waals surface area (Å²) in [5.41, 5.74) is 6.29. The zero-order valence-electron chi connectivity index (χ0n) is 14.5. The molecule has 1 N–H and O–H groups in total. The molecule has 23 heavy (non-hydrogen) atoms. The molecule has 1 aromatic carbocycles. The molecule has 0 saturated heterocycles. The van der Waals surface area contributed by atoms with E-state index >= 15 is 0 Å². The minimum absolute atomic E-state index is 0.0692. The van der Waals surface area contributed by atoms with Crippen molar-refractivity contribution >= 4 is 16.9 Å². The molecular weight excluding hydrogens is 288 g/mol. The number of ether oxygens (including phenoxy) is 1. The normalized spacial score (nSPS) is 13.8. The summed E-state index contributed by atoms with van der Waals surface area (Å²) < 4.78 is 7.71. The van der Waals surface area contributed by atoms with Gasteiger partial charge in [0, 0.05) is 36.2 Å². The zero-order valence-corrected chi connectivity index (χ0v) is 14.5. The Balaban J connectivity index is 2.08. The summed E-state index contributed by atoms with van der Waals surface area (Å²) in [6.45, 7) is 10.9. The number of hydrogen-bond donors (Lipinski definition) is 1. The number of benzene rings is 1. The lowest BCUT2D eigenvalue weighted by molar-refractivity contribution is -0.146. The number of carbonyl (C=O) groups is 1. The summed E-state index contributed by atoms with van der Waals surface area (Å²) in [6, 6.07) is 4.56. The van der Waals surface area contributed by atoms with Crippen molar-refractivity contribution in [3.05, 3.63) is 34.5 Å². The lowest BCUT2D eigenvalue weighted by atomic mass is 10.0. The van der Waals surface area contributed by atoms with Crippen molar-refractivity contribution in [1.82, 2.24) is 9.88 Å². The standard InChI is InChI=1S/C19H26N2O2/c1-5-6-21-13(4)16(9-19(22)23-12(2)3)17-7-14-10-20-11-15(14)8-18(17)21/h7-8,12,20H,5-6,9-11H2,1-4H3. The molecule has 0 fully saturated rings. The lowest BCUT2D eigenvalue weighted by Gasteiger charge is -2.09. The van der Waals surface area contributed by atoms with Crippen LogP contribution in [-0.4, -0.2) is 16.6 Å². The van der Waals surface area contributed by atoms with Gasteiger partial charge in [-0.1, -0.05) is 6.92 Å². The van der Waals surface area contributed by atoms with Gasteiger partial charge >= 0.3 is 5.97 Å². The number of aryl methyl sites for hydroxylation is 1. The van der Waals surface area contributed by atoms with Crippen LogP contribution in [0.2, 0.25) is 0 Å². The van der Waals surface area contributed by atoms with Crippen molar-refractivity contribution in [2.24, 2.45) is 0 Å². The third kappa shape index (κ3) is 3.00. The largest absolute Gasteiger partial charge is 0.463 e. The Hall–Kier alpha value is -1.81. The van der Waals surface area contributed by atoms with Gasteiger partial charge in [-0.15, -0.1) is 0 Å². The highest BCUT2D eigenvalue weighted by molar-refractivity contribution is 5.90. The molecule has 1 aliphatic heterocycles. The van der Waals surface area contributed by atoms with Crippen molar-refractivity contribution < 1.29 is 9.53 Å². The van der Waals surface area contributed by atoms with E-state index in [0.29, 0.717) is 6.42 Å². The predicted molar refractivity (Wildman–Crippen MR) is 92.4 cm³/mol. The monoisotopic (exact) mass is 314 g/mol. The molecule has 0 atom stereocenters. The molecule has 124 valence electrons. The fraction of sp³-hybridized carbons (Fsp3) is 0.526. The Morgan fingerprint density at radius 2 is 2.00 bits per heavy atom. The fourth-order valence-electron chi connectivity index (χ4n) is 3.52. The van der Waals surface area contributed by atoms with E-state index in [1.54, 1.807) is 0 Å². The molecule has 1 aromatic heterocycles. The molecule has 1 aliphatic rings. The van der Waals surface area contributed by atoms with E-state index in [1.165, 1.54) is 27.7 Å². The van der Waals surface area contributed by atoms with Crippen molar-refractivity contribution in [2.75, 3.05) is 0 Å². The van der Waals surface area contributed by atoms with Crippen LogP contribution >= 0.6 is 0 Å². The van der Waals surface area contributed by atoms with E-state index < -0.39 is 0 Å². The van der Waals surface area contributed by atoms with Gasteiger partial charge in [-0.05, 0) is 56.0 Å². The molecule has 0 spiro atoms. The van der Waals surface area contributed by atoms with Crippen LogP contribution in [0.3, 0.4) is 0 Å². The van der Waals surface area contributed by atoms with Crippen LogP contribution in [0, 0.1) is 6.92 Å². The van der Waals surface area contributed by atoms with Crippen LogP contribution < -0.4 is 5.32 Å². The topological polar surface area (TPSA) is 43.3 Å². The Morgan fingerprint density at radius 3 is 2.65 bits per heavy atom. The second kappa shape index (κ2) is 6.36. The Bertz CT molecular complexity index is 744. The highest BCUT2D eigenvalue weighted by atomic mass is 16.5. The summed E-state index contributed by atoms with van der Waals surface area (Å²) in [7, 11) is 0. The van der Waals surface area contributed by atoms with Gasteiger partial charge in [-0.25, -0.2) is 0 Å². The first-order chi connectivity index (χ1) is 11.0. The Morgan fingerprint density at radius 1 is 1.30 bits per heavy atom. The molecule has 0 aliphatic carbocycles. The third-order valence-electron chi connectivity index (χ3n) is 4.54. The average Bonchev–Trinajstić information content (AvgIpc) is 3.03. The van der Waals surface area contributed by atoms with Gasteiger partial charge in [0.05, 0.1) is 12.5 Å². The van der Waals surface area contributed by atoms with E-state index in [-0.39, 0.29) is 12.1 Å². The maximum Gasteiger partial charge on any atom is 0.310 e. The van der Waals surface area contributed by atoms with E-state index in [2.05, 4.69) is 35.9 Å². The molecule has 4 nitrogen and oxygen atoms in total. The molecule has 2 aromatic rings. The fourth-order valence-corrected chi connectivity index (χ4v) is 3.52. The van der Waals surface area contributed by atoms with Crippen LogP contribution in [0.5, 0.6) is 0 Å². The van der Waals surface area contributed by atoms with E-state index in [1.807, 2.05) is 13.8 Å². The smallest absolute Gasteiger partial charge is 0.310 e. The van der Waals surface area contributed by atoms with Crippen LogP contribution in [0.1, 0.15) is 49.6 Å². The average molecular weight is 314 g/mol. The van der Waals surface area contributed by atoms with Gasteiger partial charge in [0.15, 0.2) is 0 Å². The molecule has 2 heterocycles. The minimum Gasteiger partial charge on any atom is -0.463 e. The number of nitrogens with one attached hydrogen (secondary N) is 1. The van der Waals surface area contributed by atoms with Crippen molar-refractivity contribution in [2.45, 2.75) is 66.3 Å². The van der Waals surface area contributed by atoms with E-state index in [4.69, 9.17) is 4.74 Å². The van der Waals surface area contributed by atoms with Gasteiger partial charge in [0.1, 0.15) is 0 Å². The molecule has 0 radical (unpaired) electrons. The second-order valence-electron chi connectivity index (χ2n) is 6.67. The molecule has 0 saturated carbocycles. The van der Waals surface area contributed by atoms with E-state index in [9.17, 15) is 4.79 Å². The molecule has 3 rings (SSSR count). The number of nitrogens with zero attached hydrogens (tertiary/aromatic N) is 1. The number of carbonyl (C=O) groups excluding carboxylic acids is 1. The van der Waals surface area contributed by atoms with Gasteiger partial charge in [-0.2, -0.15) is 0 Å². The molecule has 0 unspecified atom stereocenters. The van der Waals surface area contributed by atoms with Gasteiger partial charge in [0.25, 0.3) is 0 Å². The lowest BCUT2D eigenvalue weighted by Crippen LogP contribution is -2.14. The zero-order chi connectivity index (χ0) is 16.6. The summed E-state index contributed by atoms with van der Waals surface area (Å²) >= 11 is 0. The van der Waals surface area contributed by atoms with Gasteiger partial charge in [-0.3, -0.25) is 4.79 Å². The second-order valence-corrected chi connectivity index (χ2v) is 6.67. The van der Waals surface area contributed by atoms with Crippen LogP contribution in [0.25, 0.3) is 10.9 Å². The van der Waals surface area contributed by atoms with Crippen molar-refractivity contribution in [3.63, 3.8) is 0 Å². The first-order valence-corrected chi connectivity index (χ1v) is 8.55. The summed E-state index contributed by atoms with van der Waals surface area (Å²) in [4.78, 5) is 12.2. The number of esters is 1. The van der Waals surface area contributed by atoms with Crippen molar-refractivity contribution in [3.8, 4) is 0 Å². The maximum absolute atomic E-state index is 12.2. The number of rotatable bonds is 5. The van der Waals surface area contributed by atoms with Crippen LogP contribution in [0.15, 0.2) is 12.1 Å². The van der Waals surface area contributed by atoms with Crippen molar-refractivity contribution in [1.29, 1.82) is 0 Å². The first kappa shape index (κ1) is 16.1. The third-order valence-corrected chi connectivity index (χ3v) is 4.54. The Kier molecular flexibility index (Phi) is 4.44. The summed E-state index contributed by atoms with van der Waals surface area (Å²) in [5, 5.41) is 4.61. The number of fused-ring (bicyclic) bond motifs is 2. The molecular formula is C19H26N2O2. The SMILES string of the molecule is CCCn1c(C)c(CC(=O)OC(C)C)c2cc3c(cc21)CNC3. The molecule has 4 heteroatoms. The van der Waals surface area contributed by atoms with Crippen LogP contribution in [-0.2, 0) is 35.6 Å². The number of hydrogen-bond acceptors (Lipinski definition) is 3. The molecule has 0 bridgehead atoms. The van der Waals surface area contributed by atoms with E-state index in [0.717, 1.165) is 31.6 Å². The van der Waals surface area contributed by atoms with Crippen LogP contribution in [0.4, 0.5) is 0 Å². The quantitative estimate of drug-likeness (QED) is 0.860. The van der Waals surface area contributed by atoms with Gasteiger partial charge < -0.3 is 14.6 Å². The minimum atomic E-state index is -0.141. The predicted octanol–water partition coefficient (Wildman–Crippen LogP) is 3.46. The highest BCUT2D eigenvalue weighted by Crippen LogP contribution is 2.31. The first-order valence-electron chi connectivity index (χ1n) is 8.55. The summed E-state index contributed by atoms with van der Waals surface area (Å²) in [5.74, 6) is -0.141. The maximum atomic E-state index is 12.2.